The van der Waals surface area contributed by atoms with E-state index >= 15 is 0 Å². The fraction of sp³-hybridized carbons (Fsp3) is 0. The molecule has 4 aromatic rings. The third kappa shape index (κ3) is 2.22. The number of fused-ring (bicyclic) bond motifs is 2. The summed E-state index contributed by atoms with van der Waals surface area (Å²) in [5.74, 6) is 0.477. The van der Waals surface area contributed by atoms with Crippen LogP contribution in [0.1, 0.15) is 0 Å². The van der Waals surface area contributed by atoms with Gasteiger partial charge in [0.15, 0.2) is 11.2 Å². The molecule has 2 aromatic heterocycles. The molecular formula is C18H10BrNO2. The molecule has 106 valence electrons. The molecule has 0 spiro atoms. The smallest absolute Gasteiger partial charge is 0.193 e. The Bertz CT molecular complexity index is 1070. The van der Waals surface area contributed by atoms with E-state index in [1.165, 1.54) is 6.07 Å². The number of hydrogen-bond acceptors (Lipinski definition) is 3. The second-order valence-corrected chi connectivity index (χ2v) is 5.92. The highest BCUT2D eigenvalue weighted by Crippen LogP contribution is 2.24. The average Bonchev–Trinajstić information content (AvgIpc) is 2.55. The highest BCUT2D eigenvalue weighted by atomic mass is 79.9. The van der Waals surface area contributed by atoms with Gasteiger partial charge in [0.05, 0.1) is 10.9 Å². The van der Waals surface area contributed by atoms with E-state index in [9.17, 15) is 4.79 Å². The molecule has 0 radical (unpaired) electrons. The van der Waals surface area contributed by atoms with Gasteiger partial charge in [-0.2, -0.15) is 0 Å². The van der Waals surface area contributed by atoms with Crippen molar-refractivity contribution in [3.63, 3.8) is 0 Å². The van der Waals surface area contributed by atoms with E-state index < -0.39 is 0 Å². The van der Waals surface area contributed by atoms with Gasteiger partial charge in [0.25, 0.3) is 0 Å². The van der Waals surface area contributed by atoms with Gasteiger partial charge in [0.1, 0.15) is 11.3 Å². The van der Waals surface area contributed by atoms with Gasteiger partial charge in [0.2, 0.25) is 0 Å². The van der Waals surface area contributed by atoms with E-state index in [0.717, 1.165) is 15.4 Å². The number of nitrogens with zero attached hydrogens (tertiary/aromatic N) is 1. The maximum Gasteiger partial charge on any atom is 0.193 e. The number of hydrogen-bond donors (Lipinski definition) is 0. The Kier molecular flexibility index (Phi) is 3.05. The number of halogens is 1. The molecule has 0 saturated carbocycles. The molecule has 3 nitrogen and oxygen atoms in total. The number of aromatic nitrogens is 1. The standard InChI is InChI=1S/C18H10BrNO2/c19-12-6-8-17-13(9-12)16(21)10-18(22-17)15-7-5-11-3-1-2-4-14(11)20-15/h1-10H. The van der Waals surface area contributed by atoms with Gasteiger partial charge in [0, 0.05) is 15.9 Å². The lowest BCUT2D eigenvalue weighted by Crippen LogP contribution is -2.00. The van der Waals surface area contributed by atoms with Gasteiger partial charge in [-0.05, 0) is 30.3 Å². The minimum absolute atomic E-state index is 0.0764. The number of rotatable bonds is 1. The van der Waals surface area contributed by atoms with Crippen LogP contribution in [0.4, 0.5) is 0 Å². The number of para-hydroxylation sites is 1. The van der Waals surface area contributed by atoms with Crippen LogP contribution in [0, 0.1) is 0 Å². The van der Waals surface area contributed by atoms with Gasteiger partial charge < -0.3 is 4.42 Å². The summed E-state index contributed by atoms with van der Waals surface area (Å²) < 4.78 is 6.70. The first-order chi connectivity index (χ1) is 10.7. The van der Waals surface area contributed by atoms with Crippen molar-refractivity contribution in [2.24, 2.45) is 0 Å². The Balaban J connectivity index is 1.96. The lowest BCUT2D eigenvalue weighted by atomic mass is 10.1. The molecule has 0 aliphatic heterocycles. The first-order valence-corrected chi connectivity index (χ1v) is 7.59. The molecule has 0 bridgehead atoms. The average molecular weight is 352 g/mol. The van der Waals surface area contributed by atoms with Crippen LogP contribution < -0.4 is 5.43 Å². The Morgan fingerprint density at radius 2 is 1.82 bits per heavy atom. The van der Waals surface area contributed by atoms with Crippen LogP contribution >= 0.6 is 15.9 Å². The molecular weight excluding hydrogens is 342 g/mol. The fourth-order valence-corrected chi connectivity index (χ4v) is 2.82. The van der Waals surface area contributed by atoms with Crippen LogP contribution in [0.2, 0.25) is 0 Å². The zero-order chi connectivity index (χ0) is 15.1. The van der Waals surface area contributed by atoms with Crippen LogP contribution in [0.5, 0.6) is 0 Å². The van der Waals surface area contributed by atoms with Gasteiger partial charge in [-0.15, -0.1) is 0 Å². The zero-order valence-electron chi connectivity index (χ0n) is 11.4. The largest absolute Gasteiger partial charge is 0.454 e. The van der Waals surface area contributed by atoms with Crippen molar-refractivity contribution in [1.29, 1.82) is 0 Å². The molecule has 2 heterocycles. The molecule has 0 fully saturated rings. The van der Waals surface area contributed by atoms with E-state index in [4.69, 9.17) is 4.42 Å². The van der Waals surface area contributed by atoms with Gasteiger partial charge in [-0.3, -0.25) is 4.79 Å². The van der Waals surface area contributed by atoms with Gasteiger partial charge in [-0.25, -0.2) is 4.98 Å². The number of benzene rings is 2. The summed E-state index contributed by atoms with van der Waals surface area (Å²) in [7, 11) is 0. The van der Waals surface area contributed by atoms with Crippen LogP contribution in [0.3, 0.4) is 0 Å². The van der Waals surface area contributed by atoms with E-state index in [-0.39, 0.29) is 5.43 Å². The quantitative estimate of drug-likeness (QED) is 0.496. The molecule has 0 N–H and O–H groups in total. The van der Waals surface area contributed by atoms with Crippen LogP contribution in [-0.4, -0.2) is 4.98 Å². The van der Waals surface area contributed by atoms with Crippen LogP contribution in [0.15, 0.2) is 74.3 Å². The summed E-state index contributed by atoms with van der Waals surface area (Å²) >= 11 is 3.36. The minimum Gasteiger partial charge on any atom is -0.454 e. The summed E-state index contributed by atoms with van der Waals surface area (Å²) in [4.78, 5) is 16.8. The van der Waals surface area contributed by atoms with E-state index in [0.29, 0.717) is 22.4 Å². The first kappa shape index (κ1) is 13.2. The van der Waals surface area contributed by atoms with E-state index in [1.54, 1.807) is 12.1 Å². The second kappa shape index (κ2) is 5.07. The maximum atomic E-state index is 12.3. The summed E-state index contributed by atoms with van der Waals surface area (Å²) in [6, 6.07) is 18.6. The molecule has 4 heteroatoms. The Hall–Kier alpha value is -2.46. The number of pyridine rings is 1. The van der Waals surface area contributed by atoms with Gasteiger partial charge in [-0.1, -0.05) is 40.2 Å². The summed E-state index contributed by atoms with van der Waals surface area (Å²) in [6.45, 7) is 0. The monoisotopic (exact) mass is 351 g/mol. The normalized spacial score (nSPS) is 11.1. The molecule has 0 aliphatic carbocycles. The Morgan fingerprint density at radius 3 is 2.73 bits per heavy atom. The van der Waals surface area contributed by atoms with E-state index in [1.807, 2.05) is 42.5 Å². The highest BCUT2D eigenvalue weighted by Gasteiger charge is 2.09. The SMILES string of the molecule is O=c1cc(-c2ccc3ccccc3n2)oc2ccc(Br)cc12. The van der Waals surface area contributed by atoms with Crippen LogP contribution in [-0.2, 0) is 0 Å². The van der Waals surface area contributed by atoms with Crippen molar-refractivity contribution in [2.75, 3.05) is 0 Å². The third-order valence-corrected chi connectivity index (χ3v) is 4.03. The molecule has 0 atom stereocenters. The molecule has 0 aliphatic rings. The first-order valence-electron chi connectivity index (χ1n) is 6.80. The van der Waals surface area contributed by atoms with Crippen molar-refractivity contribution in [3.05, 3.63) is 75.4 Å². The molecule has 2 aromatic carbocycles. The third-order valence-electron chi connectivity index (χ3n) is 3.54. The topological polar surface area (TPSA) is 43.1 Å². The van der Waals surface area contributed by atoms with Crippen molar-refractivity contribution in [1.82, 2.24) is 4.98 Å². The predicted octanol–water partition coefficient (Wildman–Crippen LogP) is 4.77. The highest BCUT2D eigenvalue weighted by molar-refractivity contribution is 9.10. The zero-order valence-corrected chi connectivity index (χ0v) is 13.0. The summed E-state index contributed by atoms with van der Waals surface area (Å²) in [5, 5.41) is 1.61. The van der Waals surface area contributed by atoms with Crippen molar-refractivity contribution < 1.29 is 4.42 Å². The molecule has 0 amide bonds. The maximum absolute atomic E-state index is 12.3. The molecule has 0 unspecified atom stereocenters. The minimum atomic E-state index is -0.0764. The lowest BCUT2D eigenvalue weighted by molar-refractivity contribution is 0.616. The molecule has 0 saturated heterocycles. The Morgan fingerprint density at radius 1 is 0.955 bits per heavy atom. The lowest BCUT2D eigenvalue weighted by Gasteiger charge is -2.04. The van der Waals surface area contributed by atoms with Crippen molar-refractivity contribution >= 4 is 37.8 Å². The molecule has 4 rings (SSSR count). The van der Waals surface area contributed by atoms with Crippen molar-refractivity contribution in [2.45, 2.75) is 0 Å². The molecule has 22 heavy (non-hydrogen) atoms. The van der Waals surface area contributed by atoms with E-state index in [2.05, 4.69) is 20.9 Å². The summed E-state index contributed by atoms with van der Waals surface area (Å²) in [5.41, 5.74) is 2.01. The van der Waals surface area contributed by atoms with Crippen LogP contribution in [0.25, 0.3) is 33.3 Å². The Labute approximate surface area is 134 Å². The fourth-order valence-electron chi connectivity index (χ4n) is 2.46. The predicted molar refractivity (Wildman–Crippen MR) is 90.9 cm³/mol. The summed E-state index contributed by atoms with van der Waals surface area (Å²) in [6.07, 6.45) is 0. The second-order valence-electron chi connectivity index (χ2n) is 5.00. The van der Waals surface area contributed by atoms with Crippen molar-refractivity contribution in [3.8, 4) is 11.5 Å². The van der Waals surface area contributed by atoms with Gasteiger partial charge >= 0.3 is 0 Å².